The number of nitrogens with zero attached hydrogens (tertiary/aromatic N) is 2. The molecule has 0 saturated heterocycles. The third-order valence-corrected chi connectivity index (χ3v) is 1.12. The number of alkyl halides is 3. The van der Waals surface area contributed by atoms with E-state index in [9.17, 15) is 13.2 Å². The van der Waals surface area contributed by atoms with Crippen LogP contribution >= 0.6 is 0 Å². The molecule has 2 N–H and O–H groups in total. The van der Waals surface area contributed by atoms with Crippen LogP contribution in [-0.2, 0) is 0 Å². The van der Waals surface area contributed by atoms with Crippen LogP contribution in [0.25, 0.3) is 0 Å². The van der Waals surface area contributed by atoms with Crippen LogP contribution in [0.5, 0.6) is 0 Å². The lowest BCUT2D eigenvalue weighted by Crippen LogP contribution is -2.39. The maximum atomic E-state index is 11.7. The first-order valence-corrected chi connectivity index (χ1v) is 3.25. The summed E-state index contributed by atoms with van der Waals surface area (Å²) >= 11 is 0. The molecule has 6 heteroatoms. The number of halogens is 3. The van der Waals surface area contributed by atoms with Crippen molar-refractivity contribution in [3.05, 3.63) is 0 Å². The summed E-state index contributed by atoms with van der Waals surface area (Å²) in [7, 11) is 1.27. The molecule has 0 aromatic rings. The molecule has 0 radical (unpaired) electrons. The molecule has 3 nitrogen and oxygen atoms in total. The Kier molecular flexibility index (Phi) is 4.00. The number of hydrogen-bond donors (Lipinski definition) is 1. The van der Waals surface area contributed by atoms with Crippen molar-refractivity contribution < 1.29 is 13.2 Å². The Morgan fingerprint density at radius 2 is 2.08 bits per heavy atom. The second-order valence-corrected chi connectivity index (χ2v) is 2.55. The minimum Gasteiger partial charge on any atom is -0.315 e. The smallest absolute Gasteiger partial charge is 0.315 e. The van der Waals surface area contributed by atoms with Gasteiger partial charge in [-0.3, -0.25) is 4.90 Å². The summed E-state index contributed by atoms with van der Waals surface area (Å²) < 4.78 is 35.1. The first kappa shape index (κ1) is 11.2. The molecule has 0 heterocycles. The van der Waals surface area contributed by atoms with Crippen molar-refractivity contribution in [1.29, 1.82) is 5.26 Å². The van der Waals surface area contributed by atoms with Gasteiger partial charge in [-0.1, -0.05) is 0 Å². The van der Waals surface area contributed by atoms with Gasteiger partial charge >= 0.3 is 6.18 Å². The number of nitriles is 1. The van der Waals surface area contributed by atoms with Crippen molar-refractivity contribution in [2.75, 3.05) is 20.1 Å². The van der Waals surface area contributed by atoms with E-state index in [-0.39, 0.29) is 6.54 Å². The van der Waals surface area contributed by atoms with Gasteiger partial charge in [-0.2, -0.15) is 18.4 Å². The van der Waals surface area contributed by atoms with E-state index in [1.54, 1.807) is 6.07 Å². The topological polar surface area (TPSA) is 53.0 Å². The van der Waals surface area contributed by atoms with Crippen molar-refractivity contribution in [1.82, 2.24) is 4.90 Å². The molecule has 0 bridgehead atoms. The fraction of sp³-hybridized carbons (Fsp3) is 0.833. The Balaban J connectivity index is 3.76. The van der Waals surface area contributed by atoms with Crippen LogP contribution in [-0.4, -0.2) is 37.3 Å². The predicted molar refractivity (Wildman–Crippen MR) is 37.1 cm³/mol. The van der Waals surface area contributed by atoms with Gasteiger partial charge in [0.15, 0.2) is 0 Å². The van der Waals surface area contributed by atoms with E-state index in [1.807, 2.05) is 0 Å². The van der Waals surface area contributed by atoms with Gasteiger partial charge in [-0.05, 0) is 7.05 Å². The zero-order chi connectivity index (χ0) is 9.78. The highest BCUT2D eigenvalue weighted by Gasteiger charge is 2.29. The van der Waals surface area contributed by atoms with Crippen LogP contribution in [0.4, 0.5) is 13.2 Å². The molecule has 0 aromatic carbocycles. The van der Waals surface area contributed by atoms with E-state index in [1.165, 1.54) is 7.05 Å². The van der Waals surface area contributed by atoms with E-state index in [0.29, 0.717) is 0 Å². The third kappa shape index (κ3) is 5.95. The van der Waals surface area contributed by atoms with Crippen LogP contribution in [0.2, 0.25) is 0 Å². The second-order valence-electron chi connectivity index (χ2n) is 2.55. The lowest BCUT2D eigenvalue weighted by Gasteiger charge is -2.18. The van der Waals surface area contributed by atoms with E-state index in [0.717, 1.165) is 4.90 Å². The summed E-state index contributed by atoms with van der Waals surface area (Å²) in [5.41, 5.74) is 5.12. The van der Waals surface area contributed by atoms with Gasteiger partial charge in [0.05, 0.1) is 12.6 Å². The third-order valence-electron chi connectivity index (χ3n) is 1.12. The average molecular weight is 181 g/mol. The van der Waals surface area contributed by atoms with Crippen LogP contribution in [0, 0.1) is 11.3 Å². The summed E-state index contributed by atoms with van der Waals surface area (Å²) in [4.78, 5) is 0.966. The molecule has 0 saturated carbocycles. The Morgan fingerprint density at radius 3 is 2.42 bits per heavy atom. The fourth-order valence-electron chi connectivity index (χ4n) is 0.747. The normalized spacial score (nSPS) is 14.4. The lowest BCUT2D eigenvalue weighted by atomic mass is 10.3. The highest BCUT2D eigenvalue weighted by atomic mass is 19.4. The van der Waals surface area contributed by atoms with E-state index < -0.39 is 18.8 Å². The standard InChI is InChI=1S/C6H10F3N3/c1-12(3-5(11)2-10)4-6(7,8)9/h5H,3-4,11H2,1H3. The molecule has 0 aliphatic carbocycles. The Morgan fingerprint density at radius 1 is 1.58 bits per heavy atom. The Bertz CT molecular complexity index is 172. The molecule has 1 unspecified atom stereocenters. The highest BCUT2D eigenvalue weighted by molar-refractivity contribution is 4.88. The summed E-state index contributed by atoms with van der Waals surface area (Å²) in [5, 5.41) is 8.20. The van der Waals surface area contributed by atoms with Crippen molar-refractivity contribution in [2.24, 2.45) is 5.73 Å². The van der Waals surface area contributed by atoms with Crippen LogP contribution in [0.15, 0.2) is 0 Å². The van der Waals surface area contributed by atoms with Gasteiger partial charge in [0.1, 0.15) is 6.04 Å². The SMILES string of the molecule is CN(CC(N)C#N)CC(F)(F)F. The van der Waals surface area contributed by atoms with Gasteiger partial charge in [-0.25, -0.2) is 0 Å². The Labute approximate surface area is 68.6 Å². The van der Waals surface area contributed by atoms with Gasteiger partial charge in [-0.15, -0.1) is 0 Å². The highest BCUT2D eigenvalue weighted by Crippen LogP contribution is 2.15. The molecule has 0 fully saturated rings. The second kappa shape index (κ2) is 4.28. The average Bonchev–Trinajstić information content (AvgIpc) is 1.82. The number of nitrogens with two attached hydrogens (primary N) is 1. The molecule has 0 rings (SSSR count). The van der Waals surface area contributed by atoms with Crippen molar-refractivity contribution in [3.63, 3.8) is 0 Å². The maximum absolute atomic E-state index is 11.7. The molecule has 0 aromatic heterocycles. The monoisotopic (exact) mass is 181 g/mol. The maximum Gasteiger partial charge on any atom is 0.401 e. The van der Waals surface area contributed by atoms with Gasteiger partial charge in [0.25, 0.3) is 0 Å². The minimum absolute atomic E-state index is 0.0734. The summed E-state index contributed by atoms with van der Waals surface area (Å²) in [6, 6.07) is 0.787. The molecule has 12 heavy (non-hydrogen) atoms. The van der Waals surface area contributed by atoms with Gasteiger partial charge < -0.3 is 5.73 Å². The molecule has 0 aliphatic rings. The van der Waals surface area contributed by atoms with E-state index >= 15 is 0 Å². The van der Waals surface area contributed by atoms with E-state index in [4.69, 9.17) is 11.0 Å². The molecule has 70 valence electrons. The number of hydrogen-bond acceptors (Lipinski definition) is 3. The van der Waals surface area contributed by atoms with Crippen molar-refractivity contribution in [3.8, 4) is 6.07 Å². The largest absolute Gasteiger partial charge is 0.401 e. The molecular weight excluding hydrogens is 171 g/mol. The number of likely N-dealkylation sites (N-methyl/N-ethyl adjacent to an activating group) is 1. The zero-order valence-corrected chi connectivity index (χ0v) is 6.60. The van der Waals surface area contributed by atoms with Gasteiger partial charge in [0, 0.05) is 6.54 Å². The molecule has 0 spiro atoms. The predicted octanol–water partition coefficient (Wildman–Crippen LogP) is 0.331. The van der Waals surface area contributed by atoms with Crippen LogP contribution in [0.3, 0.4) is 0 Å². The van der Waals surface area contributed by atoms with Crippen molar-refractivity contribution >= 4 is 0 Å². The lowest BCUT2D eigenvalue weighted by molar-refractivity contribution is -0.143. The van der Waals surface area contributed by atoms with Gasteiger partial charge in [0.2, 0.25) is 0 Å². The molecular formula is C6H10F3N3. The molecule has 0 aliphatic heterocycles. The first-order valence-electron chi connectivity index (χ1n) is 3.25. The molecule has 1 atom stereocenters. The zero-order valence-electron chi connectivity index (χ0n) is 6.60. The quantitative estimate of drug-likeness (QED) is 0.682. The minimum atomic E-state index is -4.23. The van der Waals surface area contributed by atoms with Crippen molar-refractivity contribution in [2.45, 2.75) is 12.2 Å². The van der Waals surface area contributed by atoms with Crippen LogP contribution < -0.4 is 5.73 Å². The Hall–Kier alpha value is -0.800. The number of rotatable bonds is 3. The first-order chi connectivity index (χ1) is 5.35. The fourth-order valence-corrected chi connectivity index (χ4v) is 0.747. The summed E-state index contributed by atoms with van der Waals surface area (Å²) in [5.74, 6) is 0. The van der Waals surface area contributed by atoms with E-state index in [2.05, 4.69) is 0 Å². The van der Waals surface area contributed by atoms with Crippen LogP contribution in [0.1, 0.15) is 0 Å². The molecule has 0 amide bonds. The summed E-state index contributed by atoms with van der Waals surface area (Å²) in [6.07, 6.45) is -4.23. The summed E-state index contributed by atoms with van der Waals surface area (Å²) in [6.45, 7) is -1.11.